The Labute approximate surface area is 73.0 Å². The highest BCUT2D eigenvalue weighted by atomic mass is 16.6. The Kier molecular flexibility index (Phi) is 2.73. The average Bonchev–Trinajstić information content (AvgIpc) is 2.04. The Morgan fingerprint density at radius 1 is 1.67 bits per heavy atom. The molecular formula is C9H16O3. The van der Waals surface area contributed by atoms with Gasteiger partial charge in [0.1, 0.15) is 0 Å². The maximum absolute atomic E-state index is 11.4. The van der Waals surface area contributed by atoms with Gasteiger partial charge in [-0.2, -0.15) is 0 Å². The van der Waals surface area contributed by atoms with Crippen LogP contribution in [0.1, 0.15) is 26.7 Å². The summed E-state index contributed by atoms with van der Waals surface area (Å²) in [5.74, 6) is 0.0906. The van der Waals surface area contributed by atoms with Crippen molar-refractivity contribution in [3.63, 3.8) is 0 Å². The van der Waals surface area contributed by atoms with Crippen molar-refractivity contribution in [3.8, 4) is 0 Å². The zero-order chi connectivity index (χ0) is 9.19. The number of hydrogen-bond donors (Lipinski definition) is 0. The van der Waals surface area contributed by atoms with E-state index in [9.17, 15) is 4.79 Å². The van der Waals surface area contributed by atoms with Crippen LogP contribution in [0.5, 0.6) is 0 Å². The second-order valence-corrected chi connectivity index (χ2v) is 3.25. The van der Waals surface area contributed by atoms with Gasteiger partial charge in [-0.15, -0.1) is 0 Å². The fourth-order valence-electron chi connectivity index (χ4n) is 1.64. The number of methoxy groups -OCH3 is 1. The van der Waals surface area contributed by atoms with Crippen LogP contribution in [-0.2, 0) is 14.3 Å². The molecule has 1 saturated carbocycles. The van der Waals surface area contributed by atoms with Crippen LogP contribution in [0.15, 0.2) is 0 Å². The summed E-state index contributed by atoms with van der Waals surface area (Å²) in [5, 5.41) is 0. The Bertz CT molecular complexity index is 175. The van der Waals surface area contributed by atoms with E-state index in [1.165, 1.54) is 0 Å². The standard InChI is InChI=1S/C9H16O3/c1-4-12-8(10)9(11-3)6-5-7(9)2/h7H,4-6H2,1-3H3. The summed E-state index contributed by atoms with van der Waals surface area (Å²) < 4.78 is 10.2. The zero-order valence-corrected chi connectivity index (χ0v) is 7.92. The molecule has 0 aromatic rings. The van der Waals surface area contributed by atoms with Gasteiger partial charge in [-0.25, -0.2) is 4.79 Å². The molecular weight excluding hydrogens is 156 g/mol. The number of carbonyl (C=O) groups excluding carboxylic acids is 1. The predicted octanol–water partition coefficient (Wildman–Crippen LogP) is 1.36. The summed E-state index contributed by atoms with van der Waals surface area (Å²) in [4.78, 5) is 11.4. The normalized spacial score (nSPS) is 34.1. The molecule has 0 N–H and O–H groups in total. The smallest absolute Gasteiger partial charge is 0.338 e. The lowest BCUT2D eigenvalue weighted by atomic mass is 9.70. The van der Waals surface area contributed by atoms with Crippen molar-refractivity contribution < 1.29 is 14.3 Å². The predicted molar refractivity (Wildman–Crippen MR) is 44.8 cm³/mol. The second kappa shape index (κ2) is 3.44. The molecule has 3 nitrogen and oxygen atoms in total. The molecule has 0 heterocycles. The highest BCUT2D eigenvalue weighted by molar-refractivity contribution is 5.81. The van der Waals surface area contributed by atoms with Crippen molar-refractivity contribution in [3.05, 3.63) is 0 Å². The quantitative estimate of drug-likeness (QED) is 0.603. The van der Waals surface area contributed by atoms with Crippen LogP contribution in [0.4, 0.5) is 0 Å². The van der Waals surface area contributed by atoms with E-state index in [1.54, 1.807) is 7.11 Å². The summed E-state index contributed by atoms with van der Waals surface area (Å²) in [6.45, 7) is 4.26. The van der Waals surface area contributed by atoms with E-state index < -0.39 is 5.60 Å². The minimum absolute atomic E-state index is 0.203. The van der Waals surface area contributed by atoms with Gasteiger partial charge < -0.3 is 9.47 Å². The maximum Gasteiger partial charge on any atom is 0.338 e. The fraction of sp³-hybridized carbons (Fsp3) is 0.889. The van der Waals surface area contributed by atoms with Crippen molar-refractivity contribution in [2.75, 3.05) is 13.7 Å². The third-order valence-corrected chi connectivity index (χ3v) is 2.73. The SMILES string of the molecule is CCOC(=O)C1(OC)CCC1C. The molecule has 0 aromatic carbocycles. The van der Waals surface area contributed by atoms with Crippen LogP contribution in [0, 0.1) is 5.92 Å². The van der Waals surface area contributed by atoms with Gasteiger partial charge in [0.05, 0.1) is 6.61 Å². The highest BCUT2D eigenvalue weighted by Gasteiger charge is 2.52. The van der Waals surface area contributed by atoms with Crippen molar-refractivity contribution in [1.29, 1.82) is 0 Å². The molecule has 2 unspecified atom stereocenters. The third kappa shape index (κ3) is 1.22. The summed E-state index contributed by atoms with van der Waals surface area (Å²) in [7, 11) is 1.58. The minimum Gasteiger partial charge on any atom is -0.464 e. The molecule has 70 valence electrons. The molecule has 0 aliphatic heterocycles. The van der Waals surface area contributed by atoms with Gasteiger partial charge in [-0.05, 0) is 25.7 Å². The van der Waals surface area contributed by atoms with Gasteiger partial charge in [0.2, 0.25) is 0 Å². The monoisotopic (exact) mass is 172 g/mol. The van der Waals surface area contributed by atoms with Crippen LogP contribution < -0.4 is 0 Å². The lowest BCUT2D eigenvalue weighted by molar-refractivity contribution is -0.191. The van der Waals surface area contributed by atoms with Gasteiger partial charge in [0.25, 0.3) is 0 Å². The van der Waals surface area contributed by atoms with E-state index in [0.717, 1.165) is 12.8 Å². The summed E-state index contributed by atoms with van der Waals surface area (Å²) in [6, 6.07) is 0. The van der Waals surface area contributed by atoms with Crippen molar-refractivity contribution >= 4 is 5.97 Å². The molecule has 0 radical (unpaired) electrons. The molecule has 1 aliphatic carbocycles. The van der Waals surface area contributed by atoms with E-state index in [2.05, 4.69) is 0 Å². The zero-order valence-electron chi connectivity index (χ0n) is 7.92. The molecule has 0 saturated heterocycles. The molecule has 0 aromatic heterocycles. The minimum atomic E-state index is -0.629. The van der Waals surface area contributed by atoms with E-state index in [1.807, 2.05) is 13.8 Å². The van der Waals surface area contributed by atoms with Crippen LogP contribution in [0.2, 0.25) is 0 Å². The average molecular weight is 172 g/mol. The Balaban J connectivity index is 2.61. The van der Waals surface area contributed by atoms with Crippen molar-refractivity contribution in [2.45, 2.75) is 32.3 Å². The number of ether oxygens (including phenoxy) is 2. The first-order chi connectivity index (χ1) is 5.67. The lowest BCUT2D eigenvalue weighted by Crippen LogP contribution is -2.54. The molecule has 0 bridgehead atoms. The summed E-state index contributed by atoms with van der Waals surface area (Å²) in [6.07, 6.45) is 1.84. The first-order valence-corrected chi connectivity index (χ1v) is 4.39. The van der Waals surface area contributed by atoms with Crippen LogP contribution >= 0.6 is 0 Å². The molecule has 3 heteroatoms. The summed E-state index contributed by atoms with van der Waals surface area (Å²) >= 11 is 0. The largest absolute Gasteiger partial charge is 0.464 e. The topological polar surface area (TPSA) is 35.5 Å². The molecule has 0 spiro atoms. The second-order valence-electron chi connectivity index (χ2n) is 3.25. The van der Waals surface area contributed by atoms with E-state index >= 15 is 0 Å². The first kappa shape index (κ1) is 9.52. The number of carbonyl (C=O) groups is 1. The van der Waals surface area contributed by atoms with Gasteiger partial charge in [-0.3, -0.25) is 0 Å². The van der Waals surface area contributed by atoms with Gasteiger partial charge in [0.15, 0.2) is 5.60 Å². The van der Waals surface area contributed by atoms with Gasteiger partial charge in [0, 0.05) is 7.11 Å². The van der Waals surface area contributed by atoms with Gasteiger partial charge in [-0.1, -0.05) is 6.92 Å². The molecule has 2 atom stereocenters. The Morgan fingerprint density at radius 3 is 2.58 bits per heavy atom. The number of hydrogen-bond acceptors (Lipinski definition) is 3. The summed E-state index contributed by atoms with van der Waals surface area (Å²) in [5.41, 5.74) is -0.629. The lowest BCUT2D eigenvalue weighted by Gasteiger charge is -2.43. The third-order valence-electron chi connectivity index (χ3n) is 2.73. The number of esters is 1. The molecule has 0 amide bonds. The fourth-order valence-corrected chi connectivity index (χ4v) is 1.64. The van der Waals surface area contributed by atoms with Crippen LogP contribution in [0.25, 0.3) is 0 Å². The Morgan fingerprint density at radius 2 is 2.33 bits per heavy atom. The molecule has 1 fully saturated rings. The first-order valence-electron chi connectivity index (χ1n) is 4.39. The molecule has 1 aliphatic rings. The molecule has 1 rings (SSSR count). The van der Waals surface area contributed by atoms with Gasteiger partial charge >= 0.3 is 5.97 Å². The van der Waals surface area contributed by atoms with Crippen molar-refractivity contribution in [1.82, 2.24) is 0 Å². The highest BCUT2D eigenvalue weighted by Crippen LogP contribution is 2.41. The van der Waals surface area contributed by atoms with E-state index in [4.69, 9.17) is 9.47 Å². The van der Waals surface area contributed by atoms with Crippen LogP contribution in [0.3, 0.4) is 0 Å². The van der Waals surface area contributed by atoms with E-state index in [0.29, 0.717) is 12.5 Å². The number of rotatable bonds is 3. The van der Waals surface area contributed by atoms with Crippen molar-refractivity contribution in [2.24, 2.45) is 5.92 Å². The van der Waals surface area contributed by atoms with Crippen LogP contribution in [-0.4, -0.2) is 25.3 Å². The molecule has 12 heavy (non-hydrogen) atoms. The van der Waals surface area contributed by atoms with E-state index in [-0.39, 0.29) is 5.97 Å². The Hall–Kier alpha value is -0.570. The maximum atomic E-state index is 11.4.